The van der Waals surface area contributed by atoms with Crippen molar-refractivity contribution in [1.82, 2.24) is 30.2 Å². The number of anilines is 1. The molecule has 0 spiro atoms. The minimum Gasteiger partial charge on any atom is -0.386 e. The van der Waals surface area contributed by atoms with E-state index < -0.39 is 84.6 Å². The number of ether oxygens (including phenoxy) is 1. The van der Waals surface area contributed by atoms with Gasteiger partial charge in [-0.15, -0.1) is 0 Å². The molecule has 3 heterocycles. The van der Waals surface area contributed by atoms with Gasteiger partial charge in [0.2, 0.25) is 16.9 Å². The number of thioether (sulfide) groups is 1. The number of carbonyl (C=O) groups is 3. The highest BCUT2D eigenvalue weighted by atomic mass is 32.2. The molecule has 322 valence electrons. The Bertz CT molecular complexity index is 1860. The maximum atomic E-state index is 12.7. The third kappa shape index (κ3) is 15.8. The minimum atomic E-state index is -5.57. The molecule has 0 bridgehead atoms. The van der Waals surface area contributed by atoms with E-state index in [9.17, 15) is 57.9 Å². The third-order valence-corrected chi connectivity index (χ3v) is 11.9. The fourth-order valence-electron chi connectivity index (χ4n) is 5.02. The van der Waals surface area contributed by atoms with Gasteiger partial charge in [0.15, 0.2) is 17.7 Å². The molecule has 2 aromatic heterocycles. The second kappa shape index (κ2) is 21.5. The van der Waals surface area contributed by atoms with E-state index in [-0.39, 0.29) is 41.6 Å². The molecule has 3 unspecified atom stereocenters. The van der Waals surface area contributed by atoms with Crippen molar-refractivity contribution in [1.29, 1.82) is 0 Å². The lowest BCUT2D eigenvalue weighted by Gasteiger charge is -2.30. The molecule has 1 aliphatic heterocycles. The average molecular weight is 892 g/mol. The van der Waals surface area contributed by atoms with Gasteiger partial charge in [-0.2, -0.15) is 4.31 Å². The molecular formula is C29H48N7O17P3S. The van der Waals surface area contributed by atoms with Crippen LogP contribution in [0.25, 0.3) is 11.2 Å². The quantitative estimate of drug-likeness (QED) is 0.0400. The molecule has 0 saturated carbocycles. The van der Waals surface area contributed by atoms with Crippen LogP contribution in [0, 0.1) is 5.41 Å². The summed E-state index contributed by atoms with van der Waals surface area (Å²) in [6, 6.07) is 0. The molecule has 10 N–H and O–H groups in total. The van der Waals surface area contributed by atoms with Gasteiger partial charge >= 0.3 is 23.5 Å². The van der Waals surface area contributed by atoms with Crippen molar-refractivity contribution in [2.45, 2.75) is 83.5 Å². The molecule has 28 heteroatoms. The number of aromatic nitrogens is 4. The van der Waals surface area contributed by atoms with Gasteiger partial charge in [0.25, 0.3) is 0 Å². The predicted octanol–water partition coefficient (Wildman–Crippen LogP) is 0.801. The summed E-state index contributed by atoms with van der Waals surface area (Å²) in [5, 5.41) is 26.3. The first-order chi connectivity index (χ1) is 26.6. The standard InChI is InChI=1S/C29H48N7O17P3S/c1-4-5-6-7-8-9-20(38)57-13-12-31-19(37)10-11-32-27(41)24(40)29(2,3)15-50-56(47,48)53-55(45,46)49-14-18-23(52-54(42,43)44)22(39)28(51-18)36-17-35-21-25(30)33-16-34-26(21)36/h8-9,16-18,22-24,28,39-40H,4-7,10-15H2,1-3H3,(H,31,37)(H,32,41)(H,45,46)(H,47,48)(H2,30,33,34)(H2,42,43,44)/b9-8+/t18-,22-,23-,24?,28-/m1/s1. The van der Waals surface area contributed by atoms with Crippen molar-refractivity contribution in [3.05, 3.63) is 24.8 Å². The Hall–Kier alpha value is -2.70. The monoisotopic (exact) mass is 891 g/mol. The van der Waals surface area contributed by atoms with Gasteiger partial charge in [0.1, 0.15) is 36.3 Å². The lowest BCUT2D eigenvalue weighted by Crippen LogP contribution is -2.46. The van der Waals surface area contributed by atoms with Gasteiger partial charge in [-0.05, 0) is 18.9 Å². The lowest BCUT2D eigenvalue weighted by atomic mass is 9.87. The fourth-order valence-corrected chi connectivity index (χ4v) is 8.45. The normalized spacial score (nSPS) is 21.6. The maximum absolute atomic E-state index is 12.7. The Balaban J connectivity index is 1.46. The number of amides is 2. The zero-order valence-electron chi connectivity index (χ0n) is 31.1. The molecule has 1 fully saturated rings. The van der Waals surface area contributed by atoms with Crippen LogP contribution in [-0.2, 0) is 50.7 Å². The van der Waals surface area contributed by atoms with Gasteiger partial charge < -0.3 is 50.9 Å². The van der Waals surface area contributed by atoms with Crippen LogP contribution in [0.3, 0.4) is 0 Å². The highest BCUT2D eigenvalue weighted by molar-refractivity contribution is 8.14. The Morgan fingerprint density at radius 3 is 2.46 bits per heavy atom. The molecule has 2 aromatic rings. The first kappa shape index (κ1) is 48.7. The van der Waals surface area contributed by atoms with E-state index in [4.69, 9.17) is 19.5 Å². The largest absolute Gasteiger partial charge is 0.481 e. The molecule has 1 aliphatic rings. The van der Waals surface area contributed by atoms with Crippen LogP contribution in [-0.4, -0.2) is 123 Å². The summed E-state index contributed by atoms with van der Waals surface area (Å²) in [4.78, 5) is 87.5. The first-order valence-electron chi connectivity index (χ1n) is 17.3. The first-order valence-corrected chi connectivity index (χ1v) is 22.8. The van der Waals surface area contributed by atoms with Crippen LogP contribution in [0.5, 0.6) is 0 Å². The highest BCUT2D eigenvalue weighted by Gasteiger charge is 2.50. The van der Waals surface area contributed by atoms with Crippen molar-refractivity contribution in [2.24, 2.45) is 5.41 Å². The summed E-state index contributed by atoms with van der Waals surface area (Å²) in [7, 11) is -16.4. The van der Waals surface area contributed by atoms with Crippen LogP contribution in [0.15, 0.2) is 24.8 Å². The summed E-state index contributed by atoms with van der Waals surface area (Å²) >= 11 is 1.05. The zero-order chi connectivity index (χ0) is 42.6. The maximum Gasteiger partial charge on any atom is 0.481 e. The molecule has 7 atom stereocenters. The number of nitrogen functional groups attached to an aromatic ring is 1. The number of allylic oxidation sites excluding steroid dienone is 1. The number of phosphoric ester groups is 3. The summed E-state index contributed by atoms with van der Waals surface area (Å²) in [5.74, 6) is -1.11. The Morgan fingerprint density at radius 2 is 1.77 bits per heavy atom. The summed E-state index contributed by atoms with van der Waals surface area (Å²) in [6.07, 6.45) is 0.413. The number of hydrogen-bond donors (Lipinski definition) is 9. The second-order valence-electron chi connectivity index (χ2n) is 13.1. The predicted molar refractivity (Wildman–Crippen MR) is 200 cm³/mol. The lowest BCUT2D eigenvalue weighted by molar-refractivity contribution is -0.137. The van der Waals surface area contributed by atoms with Crippen LogP contribution < -0.4 is 16.4 Å². The Morgan fingerprint density at radius 1 is 1.07 bits per heavy atom. The van der Waals surface area contributed by atoms with Crippen LogP contribution >= 0.6 is 35.2 Å². The average Bonchev–Trinajstić information content (AvgIpc) is 3.68. The van der Waals surface area contributed by atoms with Crippen LogP contribution in [0.4, 0.5) is 5.82 Å². The van der Waals surface area contributed by atoms with Crippen LogP contribution in [0.1, 0.15) is 59.1 Å². The summed E-state index contributed by atoms with van der Waals surface area (Å²) in [5.41, 5.74) is 4.26. The van der Waals surface area contributed by atoms with Crippen molar-refractivity contribution in [2.75, 3.05) is 37.8 Å². The molecular weight excluding hydrogens is 843 g/mol. The number of imidazole rings is 1. The number of rotatable bonds is 24. The van der Waals surface area contributed by atoms with E-state index in [0.717, 1.165) is 54.7 Å². The molecule has 57 heavy (non-hydrogen) atoms. The van der Waals surface area contributed by atoms with Gasteiger partial charge in [0, 0.05) is 30.7 Å². The number of nitrogens with two attached hydrogens (primary N) is 1. The van der Waals surface area contributed by atoms with Crippen LogP contribution in [0.2, 0.25) is 0 Å². The van der Waals surface area contributed by atoms with E-state index in [1.54, 1.807) is 0 Å². The number of nitrogens with one attached hydrogen (secondary N) is 2. The molecule has 0 radical (unpaired) electrons. The van der Waals surface area contributed by atoms with Crippen molar-refractivity contribution < 1.29 is 80.5 Å². The van der Waals surface area contributed by atoms with E-state index in [1.807, 2.05) is 6.08 Å². The van der Waals surface area contributed by atoms with E-state index >= 15 is 0 Å². The van der Waals surface area contributed by atoms with E-state index in [0.29, 0.717) is 5.75 Å². The topological polar surface area (TPSA) is 364 Å². The summed E-state index contributed by atoms with van der Waals surface area (Å²) in [6.45, 7) is 2.59. The number of aliphatic hydroxyl groups is 2. The number of carbonyl (C=O) groups excluding carboxylic acids is 3. The molecule has 24 nitrogen and oxygen atoms in total. The van der Waals surface area contributed by atoms with Gasteiger partial charge in [-0.25, -0.2) is 28.6 Å². The van der Waals surface area contributed by atoms with E-state index in [2.05, 4.69) is 41.3 Å². The van der Waals surface area contributed by atoms with Gasteiger partial charge in [0.05, 0.1) is 19.5 Å². The number of fused-ring (bicyclic) bond motifs is 1. The Labute approximate surface area is 330 Å². The number of unbranched alkanes of at least 4 members (excludes halogenated alkanes) is 3. The molecule has 0 aromatic carbocycles. The molecule has 1 saturated heterocycles. The third-order valence-electron chi connectivity index (χ3n) is 7.97. The van der Waals surface area contributed by atoms with Crippen molar-refractivity contribution in [3.8, 4) is 0 Å². The van der Waals surface area contributed by atoms with Crippen molar-refractivity contribution in [3.63, 3.8) is 0 Å². The number of nitrogens with zero attached hydrogens (tertiary/aromatic N) is 4. The molecule has 2 amide bonds. The SMILES string of the molecule is CCCCC/C=C/C(=O)SCCNC(=O)CCNC(=O)C(O)C(C)(C)COP(=O)(O)OP(=O)(O)OC[C@H]1O[C@@H](n2cnc3c(N)ncnc32)[C@H](O)[C@@H]1OP(=O)(O)O. The van der Waals surface area contributed by atoms with E-state index in [1.165, 1.54) is 19.9 Å². The smallest absolute Gasteiger partial charge is 0.386 e. The van der Waals surface area contributed by atoms with Gasteiger partial charge in [-0.1, -0.05) is 51.5 Å². The number of aliphatic hydroxyl groups excluding tert-OH is 2. The number of phosphoric acid groups is 3. The minimum absolute atomic E-state index is 0.0310. The number of hydrogen-bond acceptors (Lipinski definition) is 18. The molecule has 0 aliphatic carbocycles. The highest BCUT2D eigenvalue weighted by Crippen LogP contribution is 2.61. The zero-order valence-corrected chi connectivity index (χ0v) is 34.6. The fraction of sp³-hybridized carbons (Fsp3) is 0.655. The summed E-state index contributed by atoms with van der Waals surface area (Å²) < 4.78 is 62.1. The molecule has 3 rings (SSSR count). The van der Waals surface area contributed by atoms with Crippen molar-refractivity contribution >= 4 is 69.1 Å². The Kier molecular flexibility index (Phi) is 18.4. The second-order valence-corrected chi connectivity index (χ2v) is 18.5. The van der Waals surface area contributed by atoms with Gasteiger partial charge in [-0.3, -0.25) is 32.5 Å².